The van der Waals surface area contributed by atoms with E-state index in [9.17, 15) is 18.4 Å². The molecule has 0 unspecified atom stereocenters. The average molecular weight is 372 g/mol. The number of carbonyl (C=O) groups excluding carboxylic acids is 1. The quantitative estimate of drug-likeness (QED) is 0.639. The van der Waals surface area contributed by atoms with Crippen molar-refractivity contribution in [2.75, 3.05) is 12.4 Å². The number of benzene rings is 1. The second-order valence-electron chi connectivity index (χ2n) is 6.29. The van der Waals surface area contributed by atoms with E-state index in [0.29, 0.717) is 16.9 Å². The van der Waals surface area contributed by atoms with E-state index in [4.69, 9.17) is 4.74 Å². The molecule has 4 rings (SSSR count). The molecule has 0 saturated carbocycles. The van der Waals surface area contributed by atoms with Crippen LogP contribution in [0.3, 0.4) is 0 Å². The summed E-state index contributed by atoms with van der Waals surface area (Å²) in [7, 11) is -3.27. The fraction of sp³-hybridized carbons (Fsp3) is 0.222. The van der Waals surface area contributed by atoms with Gasteiger partial charge in [0.1, 0.15) is 5.75 Å². The Morgan fingerprint density at radius 1 is 1.23 bits per heavy atom. The highest BCUT2D eigenvalue weighted by Gasteiger charge is 2.26. The summed E-state index contributed by atoms with van der Waals surface area (Å²) in [5.74, 6) is 0.0624. The number of nitrogens with one attached hydrogen (secondary N) is 1. The molecule has 2 aliphatic heterocycles. The minimum Gasteiger partial charge on any atom is -0.618 e. The van der Waals surface area contributed by atoms with Crippen molar-refractivity contribution in [3.8, 4) is 16.9 Å². The summed E-state index contributed by atoms with van der Waals surface area (Å²) in [5.41, 5.74) is 2.57. The van der Waals surface area contributed by atoms with Crippen LogP contribution in [0.25, 0.3) is 11.1 Å². The second-order valence-corrected chi connectivity index (χ2v) is 8.22. The summed E-state index contributed by atoms with van der Waals surface area (Å²) in [6.45, 7) is 0.658. The van der Waals surface area contributed by atoms with Crippen LogP contribution in [0.15, 0.2) is 48.0 Å². The summed E-state index contributed by atoms with van der Waals surface area (Å²) < 4.78 is 28.8. The van der Waals surface area contributed by atoms with E-state index in [1.807, 2.05) is 18.2 Å². The normalized spacial score (nSPS) is 19.8. The zero-order chi connectivity index (χ0) is 18.3. The van der Waals surface area contributed by atoms with Crippen LogP contribution < -0.4 is 14.8 Å². The number of sulfone groups is 1. The Labute approximate surface area is 150 Å². The first kappa shape index (κ1) is 16.6. The summed E-state index contributed by atoms with van der Waals surface area (Å²) in [5, 5.41) is 15.9. The number of hydrogen-bond acceptors (Lipinski definition) is 5. The van der Waals surface area contributed by atoms with E-state index in [2.05, 4.69) is 5.32 Å². The van der Waals surface area contributed by atoms with Crippen LogP contribution in [0.5, 0.6) is 5.75 Å². The molecule has 134 valence electrons. The summed E-state index contributed by atoms with van der Waals surface area (Å²) in [6.07, 6.45) is 3.58. The fourth-order valence-corrected chi connectivity index (χ4v) is 4.34. The third-order valence-electron chi connectivity index (χ3n) is 4.42. The Bertz CT molecular complexity index is 1030. The van der Waals surface area contributed by atoms with Gasteiger partial charge >= 0.3 is 5.91 Å². The molecule has 0 spiro atoms. The van der Waals surface area contributed by atoms with Crippen molar-refractivity contribution in [2.45, 2.75) is 12.5 Å². The number of carbonyl (C=O) groups is 1. The highest BCUT2D eigenvalue weighted by Crippen LogP contribution is 2.30. The first-order chi connectivity index (χ1) is 12.4. The first-order valence-corrected chi connectivity index (χ1v) is 9.84. The van der Waals surface area contributed by atoms with E-state index in [-0.39, 0.29) is 11.4 Å². The lowest BCUT2D eigenvalue weighted by atomic mass is 10.0. The van der Waals surface area contributed by atoms with Gasteiger partial charge in [-0.25, -0.2) is 8.42 Å². The Balaban J connectivity index is 1.54. The van der Waals surface area contributed by atoms with Gasteiger partial charge in [0.2, 0.25) is 0 Å². The molecule has 1 aromatic heterocycles. The molecule has 0 bridgehead atoms. The van der Waals surface area contributed by atoms with Crippen molar-refractivity contribution in [3.63, 3.8) is 0 Å². The van der Waals surface area contributed by atoms with Gasteiger partial charge in [-0.1, -0.05) is 6.07 Å². The Morgan fingerprint density at radius 3 is 2.77 bits per heavy atom. The molecule has 2 aliphatic rings. The number of ether oxygens (including phenoxy) is 1. The van der Waals surface area contributed by atoms with E-state index in [1.165, 1.54) is 18.3 Å². The Kier molecular flexibility index (Phi) is 3.91. The van der Waals surface area contributed by atoms with Crippen LogP contribution in [0.1, 0.15) is 16.1 Å². The third kappa shape index (κ3) is 3.15. The molecule has 3 heterocycles. The SMILES string of the molecule is O=C(N[C@@H]1C=CS(=O)(=O)C1)c1ccc(-c2ccc3c(c2)CCO3)c[n+]1[O-]. The zero-order valence-corrected chi connectivity index (χ0v) is 14.5. The molecule has 0 fully saturated rings. The van der Waals surface area contributed by atoms with Gasteiger partial charge in [-0.3, -0.25) is 4.79 Å². The molecular weight excluding hydrogens is 356 g/mol. The van der Waals surface area contributed by atoms with Crippen molar-refractivity contribution in [1.82, 2.24) is 5.32 Å². The number of rotatable bonds is 3. The minimum absolute atomic E-state index is 0.0871. The maximum Gasteiger partial charge on any atom is 0.317 e. The lowest BCUT2D eigenvalue weighted by Crippen LogP contribution is -2.43. The van der Waals surface area contributed by atoms with Crippen LogP contribution in [0, 0.1) is 5.21 Å². The van der Waals surface area contributed by atoms with Crippen molar-refractivity contribution in [1.29, 1.82) is 0 Å². The van der Waals surface area contributed by atoms with Crippen molar-refractivity contribution >= 4 is 15.7 Å². The number of hydrogen-bond donors (Lipinski definition) is 1. The predicted octanol–water partition coefficient (Wildman–Crippen LogP) is 0.962. The molecule has 26 heavy (non-hydrogen) atoms. The standard InChI is InChI=1S/C18H16N2O5S/c21-18(19-15-6-8-26(23,24)11-15)16-3-1-14(10-20(16)22)12-2-4-17-13(9-12)5-7-25-17/h1-4,6,8-10,15H,5,7,11H2,(H,19,21)/t15-/m1/s1. The van der Waals surface area contributed by atoms with Gasteiger partial charge < -0.3 is 15.3 Å². The Hall–Kier alpha value is -2.87. The van der Waals surface area contributed by atoms with Gasteiger partial charge in [-0.2, -0.15) is 4.73 Å². The highest BCUT2D eigenvalue weighted by molar-refractivity contribution is 7.94. The van der Waals surface area contributed by atoms with E-state index in [0.717, 1.165) is 28.7 Å². The average Bonchev–Trinajstić information content (AvgIpc) is 3.19. The number of pyridine rings is 1. The molecule has 8 heteroatoms. The number of fused-ring (bicyclic) bond motifs is 1. The molecule has 7 nitrogen and oxygen atoms in total. The molecule has 0 radical (unpaired) electrons. The predicted molar refractivity (Wildman–Crippen MR) is 94.2 cm³/mol. The minimum atomic E-state index is -3.27. The summed E-state index contributed by atoms with van der Waals surface area (Å²) in [6, 6.07) is 8.24. The van der Waals surface area contributed by atoms with Crippen LogP contribution >= 0.6 is 0 Å². The van der Waals surface area contributed by atoms with Crippen LogP contribution in [-0.4, -0.2) is 32.7 Å². The van der Waals surface area contributed by atoms with E-state index >= 15 is 0 Å². The molecular formula is C18H16N2O5S. The van der Waals surface area contributed by atoms with E-state index < -0.39 is 21.8 Å². The largest absolute Gasteiger partial charge is 0.618 e. The third-order valence-corrected chi connectivity index (χ3v) is 5.81. The monoisotopic (exact) mass is 372 g/mol. The molecule has 0 saturated heterocycles. The fourth-order valence-electron chi connectivity index (χ4n) is 3.10. The molecule has 0 aliphatic carbocycles. The topological polar surface area (TPSA) is 99.4 Å². The maximum atomic E-state index is 12.3. The van der Waals surface area contributed by atoms with Gasteiger partial charge in [-0.05, 0) is 35.4 Å². The molecule has 1 amide bonds. The maximum absolute atomic E-state index is 12.3. The molecule has 1 aromatic carbocycles. The smallest absolute Gasteiger partial charge is 0.317 e. The lowest BCUT2D eigenvalue weighted by molar-refractivity contribution is -0.607. The van der Waals surface area contributed by atoms with E-state index in [1.54, 1.807) is 6.07 Å². The van der Waals surface area contributed by atoms with Crippen LogP contribution in [-0.2, 0) is 16.3 Å². The first-order valence-electron chi connectivity index (χ1n) is 8.12. The number of nitrogens with zero attached hydrogens (tertiary/aromatic N) is 1. The lowest BCUT2D eigenvalue weighted by Gasteiger charge is -2.11. The van der Waals surface area contributed by atoms with Crippen molar-refractivity contribution in [2.24, 2.45) is 0 Å². The molecule has 2 aromatic rings. The van der Waals surface area contributed by atoms with Crippen LogP contribution in [0.2, 0.25) is 0 Å². The Morgan fingerprint density at radius 2 is 2.04 bits per heavy atom. The van der Waals surface area contributed by atoms with Gasteiger partial charge in [0, 0.05) is 23.5 Å². The summed E-state index contributed by atoms with van der Waals surface area (Å²) >= 11 is 0. The van der Waals surface area contributed by atoms with Crippen molar-refractivity contribution < 1.29 is 22.7 Å². The number of aromatic nitrogens is 1. The van der Waals surface area contributed by atoms with Crippen LogP contribution in [0.4, 0.5) is 0 Å². The van der Waals surface area contributed by atoms with Gasteiger partial charge in [0.05, 0.1) is 18.4 Å². The van der Waals surface area contributed by atoms with Gasteiger partial charge in [0.15, 0.2) is 16.0 Å². The zero-order valence-electron chi connectivity index (χ0n) is 13.7. The van der Waals surface area contributed by atoms with Crippen molar-refractivity contribution in [3.05, 3.63) is 64.5 Å². The highest BCUT2D eigenvalue weighted by atomic mass is 32.2. The van der Waals surface area contributed by atoms with Gasteiger partial charge in [0.25, 0.3) is 5.69 Å². The summed E-state index contributed by atoms with van der Waals surface area (Å²) in [4.78, 5) is 12.3. The number of amides is 1. The molecule has 1 N–H and O–H groups in total. The van der Waals surface area contributed by atoms with Gasteiger partial charge in [-0.15, -0.1) is 0 Å². The molecule has 1 atom stereocenters. The second kappa shape index (κ2) is 6.14.